The highest BCUT2D eigenvalue weighted by Gasteiger charge is 2.28. The second kappa shape index (κ2) is 13.2. The van der Waals surface area contributed by atoms with E-state index >= 15 is 0 Å². The van der Waals surface area contributed by atoms with Crippen LogP contribution in [0.15, 0.2) is 0 Å². The summed E-state index contributed by atoms with van der Waals surface area (Å²) in [7, 11) is -6.36. The highest BCUT2D eigenvalue weighted by Crippen LogP contribution is 2.12. The molecule has 0 aromatic carbocycles. The van der Waals surface area contributed by atoms with Crippen molar-refractivity contribution >= 4 is 18.7 Å². The summed E-state index contributed by atoms with van der Waals surface area (Å²) in [5.41, 5.74) is 0. The average molecular weight is 385 g/mol. The molecule has 8 heteroatoms. The van der Waals surface area contributed by atoms with E-state index in [-0.39, 0.29) is 6.61 Å². The van der Waals surface area contributed by atoms with Crippen molar-refractivity contribution in [2.24, 2.45) is 0 Å². The standard InChI is InChI=1S/C16H36O6SSi/c1-5-6-7-8-9-10-11-12-13-20-15-16(14-17)21-23(18,19)22-24(2,3)4/h16-17H,5-15H2,1-4H3. The van der Waals surface area contributed by atoms with E-state index in [4.69, 9.17) is 12.8 Å². The number of unbranched alkanes of at least 4 members (excludes halogenated alkanes) is 7. The van der Waals surface area contributed by atoms with Gasteiger partial charge in [0.25, 0.3) is 0 Å². The van der Waals surface area contributed by atoms with E-state index in [2.05, 4.69) is 6.92 Å². The lowest BCUT2D eigenvalue weighted by atomic mass is 10.1. The van der Waals surface area contributed by atoms with Crippen LogP contribution in [-0.2, 0) is 23.2 Å². The minimum absolute atomic E-state index is 0.0429. The first-order chi connectivity index (χ1) is 11.2. The number of aliphatic hydroxyl groups is 1. The molecule has 0 aliphatic carbocycles. The van der Waals surface area contributed by atoms with Crippen molar-refractivity contribution in [3.05, 3.63) is 0 Å². The molecule has 0 aromatic rings. The maximum Gasteiger partial charge on any atom is 0.390 e. The van der Waals surface area contributed by atoms with E-state index in [0.717, 1.165) is 12.8 Å². The number of hydrogen-bond donors (Lipinski definition) is 1. The van der Waals surface area contributed by atoms with E-state index < -0.39 is 31.4 Å². The van der Waals surface area contributed by atoms with Gasteiger partial charge in [-0.3, -0.25) is 3.87 Å². The van der Waals surface area contributed by atoms with Crippen LogP contribution in [0.2, 0.25) is 19.6 Å². The molecule has 1 N–H and O–H groups in total. The van der Waals surface area contributed by atoms with Gasteiger partial charge in [0.2, 0.25) is 8.32 Å². The third-order valence-electron chi connectivity index (χ3n) is 3.26. The summed E-state index contributed by atoms with van der Waals surface area (Å²) in [6.45, 7) is 7.63. The smallest absolute Gasteiger partial charge is 0.390 e. The van der Waals surface area contributed by atoms with E-state index in [1.54, 1.807) is 19.6 Å². The molecule has 0 bridgehead atoms. The topological polar surface area (TPSA) is 82.1 Å². The first-order valence-electron chi connectivity index (χ1n) is 9.02. The third-order valence-corrected chi connectivity index (χ3v) is 6.58. The van der Waals surface area contributed by atoms with Gasteiger partial charge in [0.1, 0.15) is 6.10 Å². The van der Waals surface area contributed by atoms with Gasteiger partial charge in [-0.2, -0.15) is 8.42 Å². The van der Waals surface area contributed by atoms with Crippen LogP contribution in [0.3, 0.4) is 0 Å². The molecule has 0 aliphatic heterocycles. The van der Waals surface area contributed by atoms with Gasteiger partial charge in [0, 0.05) is 6.61 Å². The maximum atomic E-state index is 11.7. The Labute approximate surface area is 149 Å². The summed E-state index contributed by atoms with van der Waals surface area (Å²) in [6, 6.07) is 0. The molecular weight excluding hydrogens is 348 g/mol. The fraction of sp³-hybridized carbons (Fsp3) is 1.00. The predicted octanol–water partition coefficient (Wildman–Crippen LogP) is 3.62. The number of hydrogen-bond acceptors (Lipinski definition) is 6. The highest BCUT2D eigenvalue weighted by molar-refractivity contribution is 7.83. The molecule has 0 aliphatic rings. The van der Waals surface area contributed by atoms with Crippen molar-refractivity contribution in [2.45, 2.75) is 84.0 Å². The van der Waals surface area contributed by atoms with E-state index in [9.17, 15) is 13.5 Å². The molecule has 0 fully saturated rings. The van der Waals surface area contributed by atoms with Gasteiger partial charge in [-0.25, -0.2) is 4.18 Å². The predicted molar refractivity (Wildman–Crippen MR) is 98.7 cm³/mol. The fourth-order valence-electron chi connectivity index (χ4n) is 2.16. The molecular formula is C16H36O6SSi. The van der Waals surface area contributed by atoms with Crippen LogP contribution < -0.4 is 0 Å². The van der Waals surface area contributed by atoms with E-state index in [1.165, 1.54) is 38.5 Å². The monoisotopic (exact) mass is 384 g/mol. The minimum Gasteiger partial charge on any atom is -0.394 e. The first-order valence-corrected chi connectivity index (χ1v) is 13.8. The van der Waals surface area contributed by atoms with Crippen LogP contribution in [-0.4, -0.2) is 47.8 Å². The summed E-state index contributed by atoms with van der Waals surface area (Å²) in [5.74, 6) is 0. The zero-order chi connectivity index (χ0) is 18.5. The largest absolute Gasteiger partial charge is 0.394 e. The molecule has 1 atom stereocenters. The zero-order valence-electron chi connectivity index (χ0n) is 15.8. The molecule has 6 nitrogen and oxygen atoms in total. The number of ether oxygens (including phenoxy) is 1. The van der Waals surface area contributed by atoms with Gasteiger partial charge >= 0.3 is 10.4 Å². The third kappa shape index (κ3) is 15.5. The minimum atomic E-state index is -4.09. The molecule has 0 heterocycles. The Morgan fingerprint density at radius 1 is 0.958 bits per heavy atom. The molecule has 0 spiro atoms. The molecule has 0 saturated carbocycles. The van der Waals surface area contributed by atoms with Crippen molar-refractivity contribution < 1.29 is 26.3 Å². The van der Waals surface area contributed by atoms with E-state index in [0.29, 0.717) is 6.61 Å². The second-order valence-corrected chi connectivity index (χ2v) is 13.0. The van der Waals surface area contributed by atoms with Gasteiger partial charge in [0.05, 0.1) is 13.2 Å². The first kappa shape index (κ1) is 24.0. The Bertz CT molecular complexity index is 394. The van der Waals surface area contributed by atoms with Crippen molar-refractivity contribution in [3.63, 3.8) is 0 Å². The van der Waals surface area contributed by atoms with Crippen molar-refractivity contribution in [3.8, 4) is 0 Å². The zero-order valence-corrected chi connectivity index (χ0v) is 17.6. The Kier molecular flexibility index (Phi) is 13.2. The molecule has 0 radical (unpaired) electrons. The van der Waals surface area contributed by atoms with Crippen LogP contribution in [0.5, 0.6) is 0 Å². The van der Waals surface area contributed by atoms with Crippen molar-refractivity contribution in [1.29, 1.82) is 0 Å². The molecule has 146 valence electrons. The quantitative estimate of drug-likeness (QED) is 0.323. The summed E-state index contributed by atoms with van der Waals surface area (Å²) in [5, 5.41) is 9.22. The SMILES string of the molecule is CCCCCCCCCCOCC(CO)OS(=O)(=O)O[Si](C)(C)C. The lowest BCUT2D eigenvalue weighted by molar-refractivity contribution is 0.0171. The molecule has 0 rings (SSSR count). The van der Waals surface area contributed by atoms with Crippen LogP contribution in [0.1, 0.15) is 58.3 Å². The molecule has 0 amide bonds. The average Bonchev–Trinajstić information content (AvgIpc) is 2.45. The number of rotatable bonds is 16. The van der Waals surface area contributed by atoms with Crippen molar-refractivity contribution in [1.82, 2.24) is 0 Å². The maximum absolute atomic E-state index is 11.7. The van der Waals surface area contributed by atoms with Gasteiger partial charge in [-0.1, -0.05) is 51.9 Å². The summed E-state index contributed by atoms with van der Waals surface area (Å²) in [4.78, 5) is 0. The normalized spacial score (nSPS) is 14.0. The van der Waals surface area contributed by atoms with Gasteiger partial charge in [-0.05, 0) is 26.1 Å². The lowest BCUT2D eigenvalue weighted by Gasteiger charge is -2.20. The second-order valence-electron chi connectivity index (χ2n) is 7.05. The van der Waals surface area contributed by atoms with Gasteiger partial charge < -0.3 is 9.84 Å². The summed E-state index contributed by atoms with van der Waals surface area (Å²) < 4.78 is 38.7. The van der Waals surface area contributed by atoms with Crippen LogP contribution in [0.4, 0.5) is 0 Å². The molecule has 0 saturated heterocycles. The van der Waals surface area contributed by atoms with Crippen LogP contribution >= 0.6 is 0 Å². The Balaban J connectivity index is 3.76. The summed E-state index contributed by atoms with van der Waals surface area (Å²) >= 11 is 0. The molecule has 0 aromatic heterocycles. The van der Waals surface area contributed by atoms with Gasteiger partial charge in [0.15, 0.2) is 0 Å². The summed E-state index contributed by atoms with van der Waals surface area (Å²) in [6.07, 6.45) is 8.77. The van der Waals surface area contributed by atoms with E-state index in [1.807, 2.05) is 0 Å². The Morgan fingerprint density at radius 2 is 1.50 bits per heavy atom. The van der Waals surface area contributed by atoms with Crippen molar-refractivity contribution in [2.75, 3.05) is 19.8 Å². The number of aliphatic hydroxyl groups excluding tert-OH is 1. The Hall–Kier alpha value is 0.00688. The fourth-order valence-corrected chi connectivity index (χ4v) is 5.21. The highest BCUT2D eigenvalue weighted by atomic mass is 32.3. The lowest BCUT2D eigenvalue weighted by Crippen LogP contribution is -2.34. The van der Waals surface area contributed by atoms with Crippen LogP contribution in [0, 0.1) is 0 Å². The van der Waals surface area contributed by atoms with Gasteiger partial charge in [-0.15, -0.1) is 0 Å². The molecule has 1 unspecified atom stereocenters. The van der Waals surface area contributed by atoms with Crippen LogP contribution in [0.25, 0.3) is 0 Å². The Morgan fingerprint density at radius 3 is 2.00 bits per heavy atom. The molecule has 24 heavy (non-hydrogen) atoms.